The lowest BCUT2D eigenvalue weighted by Gasteiger charge is -2.35. The standard InChI is InChI=1S/C14H26N2O4S/c1-2-12-6-5-9-15(11-8-12)21(19,20)16-10-4-3-7-13(16)14(17)18/h12-13H,2-11H2,1H3,(H,17,18). The first-order valence-corrected chi connectivity index (χ1v) is 9.36. The SMILES string of the molecule is CCC1CCCN(S(=O)(=O)N2CCCCC2C(=O)O)CC1. The van der Waals surface area contributed by atoms with E-state index in [2.05, 4.69) is 6.92 Å². The van der Waals surface area contributed by atoms with Crippen molar-refractivity contribution < 1.29 is 18.3 Å². The molecule has 2 unspecified atom stereocenters. The summed E-state index contributed by atoms with van der Waals surface area (Å²) in [6.45, 7) is 3.50. The van der Waals surface area contributed by atoms with Crippen LogP contribution in [0.2, 0.25) is 0 Å². The fraction of sp³-hybridized carbons (Fsp3) is 0.929. The van der Waals surface area contributed by atoms with Crippen LogP contribution in [0.1, 0.15) is 51.9 Å². The maximum Gasteiger partial charge on any atom is 0.322 e. The zero-order valence-electron chi connectivity index (χ0n) is 12.7. The van der Waals surface area contributed by atoms with Crippen LogP contribution in [0.25, 0.3) is 0 Å². The van der Waals surface area contributed by atoms with Crippen LogP contribution in [-0.2, 0) is 15.0 Å². The minimum Gasteiger partial charge on any atom is -0.480 e. The van der Waals surface area contributed by atoms with E-state index in [-0.39, 0.29) is 0 Å². The van der Waals surface area contributed by atoms with Gasteiger partial charge in [-0.2, -0.15) is 17.0 Å². The summed E-state index contributed by atoms with van der Waals surface area (Å²) in [5.74, 6) is -0.443. The highest BCUT2D eigenvalue weighted by molar-refractivity contribution is 7.86. The van der Waals surface area contributed by atoms with E-state index in [9.17, 15) is 18.3 Å². The van der Waals surface area contributed by atoms with Crippen molar-refractivity contribution in [2.75, 3.05) is 19.6 Å². The minimum absolute atomic E-state index is 0.326. The summed E-state index contributed by atoms with van der Waals surface area (Å²) in [5.41, 5.74) is 0. The minimum atomic E-state index is -3.65. The second-order valence-electron chi connectivity index (χ2n) is 6.07. The molecule has 7 heteroatoms. The van der Waals surface area contributed by atoms with Crippen molar-refractivity contribution in [3.63, 3.8) is 0 Å². The van der Waals surface area contributed by atoms with Crippen molar-refractivity contribution in [2.45, 2.75) is 57.9 Å². The quantitative estimate of drug-likeness (QED) is 0.855. The van der Waals surface area contributed by atoms with E-state index in [4.69, 9.17) is 0 Å². The van der Waals surface area contributed by atoms with Crippen LogP contribution in [0.5, 0.6) is 0 Å². The molecule has 0 aliphatic carbocycles. The third-order valence-corrected chi connectivity index (χ3v) is 6.79. The Hall–Kier alpha value is -0.660. The van der Waals surface area contributed by atoms with E-state index >= 15 is 0 Å². The van der Waals surface area contributed by atoms with Crippen LogP contribution < -0.4 is 0 Å². The maximum absolute atomic E-state index is 12.8. The highest BCUT2D eigenvalue weighted by Gasteiger charge is 2.40. The molecule has 0 aromatic rings. The van der Waals surface area contributed by atoms with Crippen molar-refractivity contribution >= 4 is 16.2 Å². The van der Waals surface area contributed by atoms with Crippen LogP contribution >= 0.6 is 0 Å². The smallest absolute Gasteiger partial charge is 0.322 e. The Labute approximate surface area is 127 Å². The molecule has 2 atom stereocenters. The highest BCUT2D eigenvalue weighted by Crippen LogP contribution is 2.27. The molecule has 0 radical (unpaired) electrons. The van der Waals surface area contributed by atoms with Crippen molar-refractivity contribution in [3.8, 4) is 0 Å². The van der Waals surface area contributed by atoms with Gasteiger partial charge in [0.2, 0.25) is 0 Å². The molecule has 21 heavy (non-hydrogen) atoms. The second kappa shape index (κ2) is 7.07. The largest absolute Gasteiger partial charge is 0.480 e. The number of rotatable bonds is 4. The van der Waals surface area contributed by atoms with Crippen molar-refractivity contribution in [1.82, 2.24) is 8.61 Å². The van der Waals surface area contributed by atoms with Gasteiger partial charge >= 0.3 is 5.97 Å². The van der Waals surface area contributed by atoms with Crippen molar-refractivity contribution in [2.24, 2.45) is 5.92 Å². The van der Waals surface area contributed by atoms with E-state index in [0.29, 0.717) is 32.0 Å². The summed E-state index contributed by atoms with van der Waals surface area (Å²) >= 11 is 0. The first-order chi connectivity index (χ1) is 9.96. The number of hydrogen-bond acceptors (Lipinski definition) is 3. The lowest BCUT2D eigenvalue weighted by Crippen LogP contribution is -2.53. The molecule has 0 amide bonds. The lowest BCUT2D eigenvalue weighted by atomic mass is 9.98. The first-order valence-electron chi connectivity index (χ1n) is 7.96. The molecule has 2 rings (SSSR count). The molecule has 2 fully saturated rings. The molecular formula is C14H26N2O4S. The molecular weight excluding hydrogens is 292 g/mol. The Bertz CT molecular complexity index is 466. The third kappa shape index (κ3) is 3.76. The second-order valence-corrected chi connectivity index (χ2v) is 7.95. The molecule has 122 valence electrons. The Morgan fingerprint density at radius 2 is 1.86 bits per heavy atom. The Morgan fingerprint density at radius 1 is 1.10 bits per heavy atom. The summed E-state index contributed by atoms with van der Waals surface area (Å²) in [5, 5.41) is 9.28. The fourth-order valence-electron chi connectivity index (χ4n) is 3.35. The average molecular weight is 318 g/mol. The predicted molar refractivity (Wildman–Crippen MR) is 80.1 cm³/mol. The van der Waals surface area contributed by atoms with Gasteiger partial charge in [-0.1, -0.05) is 13.3 Å². The van der Waals surface area contributed by atoms with E-state index < -0.39 is 22.2 Å². The zero-order valence-corrected chi connectivity index (χ0v) is 13.5. The van der Waals surface area contributed by atoms with Gasteiger partial charge in [0, 0.05) is 19.6 Å². The number of hydrogen-bond donors (Lipinski definition) is 1. The van der Waals surface area contributed by atoms with Gasteiger partial charge in [0.15, 0.2) is 0 Å². The molecule has 2 heterocycles. The zero-order chi connectivity index (χ0) is 15.5. The Morgan fingerprint density at radius 3 is 2.52 bits per heavy atom. The number of piperidine rings is 1. The third-order valence-electron chi connectivity index (χ3n) is 4.75. The predicted octanol–water partition coefficient (Wildman–Crippen LogP) is 1.68. The summed E-state index contributed by atoms with van der Waals surface area (Å²) < 4.78 is 28.3. The van der Waals surface area contributed by atoms with Gasteiger partial charge in [-0.25, -0.2) is 0 Å². The van der Waals surface area contributed by atoms with E-state index in [1.54, 1.807) is 0 Å². The maximum atomic E-state index is 12.8. The van der Waals surface area contributed by atoms with E-state index in [1.807, 2.05) is 0 Å². The number of carboxylic acid groups (broad SMARTS) is 1. The summed E-state index contributed by atoms with van der Waals surface area (Å²) in [6.07, 6.45) is 5.82. The van der Waals surface area contributed by atoms with Gasteiger partial charge < -0.3 is 5.11 Å². The van der Waals surface area contributed by atoms with Crippen LogP contribution in [0.3, 0.4) is 0 Å². The molecule has 2 aliphatic heterocycles. The molecule has 6 nitrogen and oxygen atoms in total. The molecule has 2 saturated heterocycles. The van der Waals surface area contributed by atoms with Gasteiger partial charge in [0.25, 0.3) is 10.2 Å². The average Bonchev–Trinajstić information content (AvgIpc) is 2.73. The van der Waals surface area contributed by atoms with Gasteiger partial charge in [0.1, 0.15) is 6.04 Å². The van der Waals surface area contributed by atoms with Gasteiger partial charge in [-0.3, -0.25) is 4.79 Å². The summed E-state index contributed by atoms with van der Waals surface area (Å²) in [7, 11) is -3.65. The van der Waals surface area contributed by atoms with Gasteiger partial charge in [-0.05, 0) is 44.4 Å². The van der Waals surface area contributed by atoms with Crippen LogP contribution in [0, 0.1) is 5.92 Å². The number of nitrogens with zero attached hydrogens (tertiary/aromatic N) is 2. The topological polar surface area (TPSA) is 77.9 Å². The van der Waals surface area contributed by atoms with Gasteiger partial charge in [0.05, 0.1) is 0 Å². The summed E-state index contributed by atoms with van der Waals surface area (Å²) in [4.78, 5) is 11.3. The number of carboxylic acids is 1. The number of aliphatic carboxylic acids is 1. The lowest BCUT2D eigenvalue weighted by molar-refractivity contribution is -0.142. The molecule has 0 aromatic heterocycles. The molecule has 2 aliphatic rings. The molecule has 0 saturated carbocycles. The van der Waals surface area contributed by atoms with Crippen molar-refractivity contribution in [1.29, 1.82) is 0 Å². The molecule has 0 spiro atoms. The van der Waals surface area contributed by atoms with Gasteiger partial charge in [-0.15, -0.1) is 0 Å². The van der Waals surface area contributed by atoms with E-state index in [1.165, 1.54) is 8.61 Å². The monoisotopic (exact) mass is 318 g/mol. The summed E-state index contributed by atoms with van der Waals surface area (Å²) in [6, 6.07) is -0.894. The Kier molecular flexibility index (Phi) is 5.62. The fourth-order valence-corrected chi connectivity index (χ4v) is 5.22. The molecule has 0 bridgehead atoms. The molecule has 1 N–H and O–H groups in total. The number of carbonyl (C=O) groups is 1. The molecule has 0 aromatic carbocycles. The normalized spacial score (nSPS) is 30.0. The van der Waals surface area contributed by atoms with Crippen LogP contribution in [0.4, 0.5) is 0 Å². The van der Waals surface area contributed by atoms with Crippen LogP contribution in [-0.4, -0.2) is 53.8 Å². The van der Waals surface area contributed by atoms with Crippen molar-refractivity contribution in [3.05, 3.63) is 0 Å². The highest BCUT2D eigenvalue weighted by atomic mass is 32.2. The first kappa shape index (κ1) is 16.7. The Balaban J connectivity index is 2.14. The van der Waals surface area contributed by atoms with E-state index in [0.717, 1.165) is 38.5 Å². The van der Waals surface area contributed by atoms with Crippen LogP contribution in [0.15, 0.2) is 0 Å².